The maximum absolute atomic E-state index is 13.1. The van der Waals surface area contributed by atoms with Crippen LogP contribution in [0.4, 0.5) is 32.0 Å². The van der Waals surface area contributed by atoms with Crippen LogP contribution in [0.15, 0.2) is 18.2 Å². The maximum Gasteiger partial charge on any atom is 0.416 e. The van der Waals surface area contributed by atoms with E-state index in [9.17, 15) is 46.1 Å². The number of benzene rings is 1. The Morgan fingerprint density at radius 3 is 1.57 bits per heavy atom. The van der Waals surface area contributed by atoms with E-state index >= 15 is 0 Å². The highest BCUT2D eigenvalue weighted by Crippen LogP contribution is 2.61. The summed E-state index contributed by atoms with van der Waals surface area (Å²) in [5.41, 5.74) is -4.11. The number of amides is 2. The van der Waals surface area contributed by atoms with Gasteiger partial charge in [-0.2, -0.15) is 26.3 Å². The summed E-state index contributed by atoms with van der Waals surface area (Å²) < 4.78 is 78.4. The average molecular weight is 409 g/mol. The summed E-state index contributed by atoms with van der Waals surface area (Å²) >= 11 is 0. The monoisotopic (exact) mass is 409 g/mol. The van der Waals surface area contributed by atoms with Crippen LogP contribution < -0.4 is 4.90 Å². The number of fused-ring (bicyclic) bond motifs is 5. The summed E-state index contributed by atoms with van der Waals surface area (Å²) in [7, 11) is 0. The minimum Gasteiger partial charge on any atom is -0.365 e. The van der Waals surface area contributed by atoms with E-state index in [1.165, 1.54) is 0 Å². The molecule has 4 rings (SSSR count). The molecule has 0 spiro atoms. The summed E-state index contributed by atoms with van der Waals surface area (Å²) in [4.78, 5) is 25.8. The molecule has 4 atom stereocenters. The Balaban J connectivity index is 1.81. The Morgan fingerprint density at radius 2 is 1.21 bits per heavy atom. The number of anilines is 1. The summed E-state index contributed by atoms with van der Waals surface area (Å²) in [6.07, 6.45) is -9.80. The Morgan fingerprint density at radius 1 is 0.821 bits per heavy atom. The Hall–Kier alpha value is -2.14. The van der Waals surface area contributed by atoms with E-state index in [0.29, 0.717) is 17.0 Å². The number of hydrogen-bond acceptors (Lipinski definition) is 4. The van der Waals surface area contributed by atoms with Crippen LogP contribution in [0.5, 0.6) is 0 Å². The lowest BCUT2D eigenvalue weighted by Crippen LogP contribution is -2.42. The predicted octanol–water partition coefficient (Wildman–Crippen LogP) is 2.55. The fourth-order valence-corrected chi connectivity index (χ4v) is 4.83. The molecule has 1 heterocycles. The van der Waals surface area contributed by atoms with Gasteiger partial charge in [0.05, 0.1) is 28.7 Å². The lowest BCUT2D eigenvalue weighted by Gasteiger charge is -2.26. The van der Waals surface area contributed by atoms with Crippen molar-refractivity contribution < 1.29 is 46.1 Å². The van der Waals surface area contributed by atoms with Crippen LogP contribution >= 0.6 is 0 Å². The van der Waals surface area contributed by atoms with Crippen molar-refractivity contribution in [1.29, 1.82) is 0 Å². The van der Waals surface area contributed by atoms with Crippen molar-refractivity contribution in [2.24, 2.45) is 23.7 Å². The number of aliphatic hydroxyl groups is 2. The molecule has 0 aromatic heterocycles. The smallest absolute Gasteiger partial charge is 0.365 e. The molecule has 3 aliphatic rings. The number of imide groups is 1. The highest BCUT2D eigenvalue weighted by atomic mass is 19.4. The van der Waals surface area contributed by atoms with Crippen molar-refractivity contribution in [2.45, 2.75) is 31.0 Å². The van der Waals surface area contributed by atoms with Crippen molar-refractivity contribution in [3.63, 3.8) is 0 Å². The summed E-state index contributed by atoms with van der Waals surface area (Å²) in [6.45, 7) is 0. The predicted molar refractivity (Wildman–Crippen MR) is 79.3 cm³/mol. The second kappa shape index (κ2) is 5.47. The number of alkyl halides is 6. The molecule has 1 aromatic rings. The van der Waals surface area contributed by atoms with E-state index < -0.39 is 70.4 Å². The van der Waals surface area contributed by atoms with Gasteiger partial charge in [-0.15, -0.1) is 0 Å². The van der Waals surface area contributed by atoms with Crippen molar-refractivity contribution in [3.05, 3.63) is 29.3 Å². The Bertz CT molecular complexity index is 813. The number of nitrogens with zero attached hydrogens (tertiary/aromatic N) is 1. The molecule has 5 nitrogen and oxygen atoms in total. The first-order valence-electron chi connectivity index (χ1n) is 8.36. The lowest BCUT2D eigenvalue weighted by molar-refractivity contribution is -0.199. The quantitative estimate of drug-likeness (QED) is 0.425. The van der Waals surface area contributed by atoms with Gasteiger partial charge in [-0.1, -0.05) is 0 Å². The molecule has 0 radical (unpaired) electrons. The van der Waals surface area contributed by atoms with Gasteiger partial charge >= 0.3 is 12.4 Å². The topological polar surface area (TPSA) is 77.8 Å². The fourth-order valence-electron chi connectivity index (χ4n) is 4.83. The molecule has 152 valence electrons. The molecule has 2 saturated carbocycles. The van der Waals surface area contributed by atoms with Crippen LogP contribution in [0.2, 0.25) is 0 Å². The van der Waals surface area contributed by atoms with Gasteiger partial charge in [0.25, 0.3) is 0 Å². The third-order valence-electron chi connectivity index (χ3n) is 5.98. The van der Waals surface area contributed by atoms with Crippen LogP contribution in [-0.4, -0.2) is 27.8 Å². The van der Waals surface area contributed by atoms with Crippen LogP contribution in [0.25, 0.3) is 0 Å². The van der Waals surface area contributed by atoms with Crippen LogP contribution in [0, 0.1) is 23.7 Å². The number of rotatable bonds is 1. The summed E-state index contributed by atoms with van der Waals surface area (Å²) in [5.74, 6) is -8.61. The van der Waals surface area contributed by atoms with E-state index in [-0.39, 0.29) is 18.9 Å². The summed E-state index contributed by atoms with van der Waals surface area (Å²) in [5, 5.41) is 20.3. The van der Waals surface area contributed by atoms with Gasteiger partial charge in [-0.05, 0) is 31.0 Å². The van der Waals surface area contributed by atoms with Gasteiger partial charge in [0, 0.05) is 11.8 Å². The normalized spacial score (nSPS) is 31.6. The first kappa shape index (κ1) is 19.2. The fraction of sp³-hybridized carbons (Fsp3) is 0.529. The molecular formula is C17H13F6NO4. The first-order valence-corrected chi connectivity index (χ1v) is 8.36. The van der Waals surface area contributed by atoms with Crippen molar-refractivity contribution >= 4 is 17.5 Å². The molecule has 3 fully saturated rings. The molecule has 2 aliphatic carbocycles. The van der Waals surface area contributed by atoms with Gasteiger partial charge in [-0.25, -0.2) is 0 Å². The third kappa shape index (κ3) is 2.48. The lowest BCUT2D eigenvalue weighted by atomic mass is 9.81. The molecule has 1 aromatic carbocycles. The number of carbonyl (C=O) groups is 2. The van der Waals surface area contributed by atoms with Gasteiger partial charge in [0.15, 0.2) is 5.79 Å². The molecule has 2 bridgehead atoms. The zero-order valence-electron chi connectivity index (χ0n) is 13.9. The molecule has 28 heavy (non-hydrogen) atoms. The van der Waals surface area contributed by atoms with E-state index in [0.717, 1.165) is 0 Å². The summed E-state index contributed by atoms with van der Waals surface area (Å²) in [6, 6.07) is 0.545. The molecule has 1 saturated heterocycles. The zero-order chi connectivity index (χ0) is 20.8. The Kier molecular flexibility index (Phi) is 3.75. The number of carbonyl (C=O) groups excluding carboxylic acids is 2. The molecule has 1 aliphatic heterocycles. The van der Waals surface area contributed by atoms with Crippen LogP contribution in [0.3, 0.4) is 0 Å². The molecule has 2 amide bonds. The van der Waals surface area contributed by atoms with Crippen LogP contribution in [-0.2, 0) is 21.9 Å². The standard InChI is InChI=1S/C17H13F6NO4/c18-16(19,20)6-3-7(17(21,22)23)5-8(4-6)24-13(25)11-9-1-2-10(15(9,27)28)12(11)14(24)26/h3-5,9-12,27-28H,1-2H2/t9?,10?,11-,12+. The van der Waals surface area contributed by atoms with Gasteiger partial charge < -0.3 is 10.2 Å². The minimum absolute atomic E-state index is 0.0917. The van der Waals surface area contributed by atoms with Crippen LogP contribution in [0.1, 0.15) is 24.0 Å². The number of hydrogen-bond donors (Lipinski definition) is 2. The van der Waals surface area contributed by atoms with Gasteiger partial charge in [0.2, 0.25) is 11.8 Å². The highest BCUT2D eigenvalue weighted by molar-refractivity contribution is 6.22. The van der Waals surface area contributed by atoms with E-state index in [4.69, 9.17) is 0 Å². The SMILES string of the molecule is O=C1[C@@H]2C3CCC([C@@H]2C(=O)N1c1cc(C(F)(F)F)cc(C(F)(F)F)c1)C3(O)O. The Labute approximate surface area is 153 Å². The zero-order valence-corrected chi connectivity index (χ0v) is 13.9. The second-order valence-electron chi connectivity index (χ2n) is 7.40. The van der Waals surface area contributed by atoms with E-state index in [1.807, 2.05) is 0 Å². The number of halogens is 6. The van der Waals surface area contributed by atoms with E-state index in [1.54, 1.807) is 0 Å². The van der Waals surface area contributed by atoms with E-state index in [2.05, 4.69) is 0 Å². The maximum atomic E-state index is 13.1. The largest absolute Gasteiger partial charge is 0.416 e. The first-order chi connectivity index (χ1) is 12.7. The van der Waals surface area contributed by atoms with Crippen molar-refractivity contribution in [1.82, 2.24) is 0 Å². The second-order valence-corrected chi connectivity index (χ2v) is 7.40. The third-order valence-corrected chi connectivity index (χ3v) is 5.98. The van der Waals surface area contributed by atoms with Crippen molar-refractivity contribution in [3.8, 4) is 0 Å². The molecule has 2 unspecified atom stereocenters. The van der Waals surface area contributed by atoms with Gasteiger partial charge in [0.1, 0.15) is 0 Å². The molecular weight excluding hydrogens is 396 g/mol. The van der Waals surface area contributed by atoms with Crippen molar-refractivity contribution in [2.75, 3.05) is 4.90 Å². The average Bonchev–Trinajstić information content (AvgIpc) is 3.09. The highest BCUT2D eigenvalue weighted by Gasteiger charge is 2.71. The molecule has 11 heteroatoms. The minimum atomic E-state index is -5.12. The van der Waals surface area contributed by atoms with Gasteiger partial charge in [-0.3, -0.25) is 14.5 Å². The molecule has 2 N–H and O–H groups in total.